The first kappa shape index (κ1) is 17.6. The average molecular weight is 292 g/mol. The molecule has 0 fully saturated rings. The highest BCUT2D eigenvalue weighted by Gasteiger charge is 2.27. The summed E-state index contributed by atoms with van der Waals surface area (Å²) in [5.41, 5.74) is 4.40. The van der Waals surface area contributed by atoms with Gasteiger partial charge in [0.25, 0.3) is 0 Å². The molecule has 0 spiro atoms. The van der Waals surface area contributed by atoms with Crippen molar-refractivity contribution in [2.75, 3.05) is 7.11 Å². The van der Waals surface area contributed by atoms with Gasteiger partial charge in [0, 0.05) is 17.4 Å². The third kappa shape index (κ3) is 4.27. The van der Waals surface area contributed by atoms with E-state index < -0.39 is 0 Å². The number of aromatic nitrogens is 1. The predicted octanol–water partition coefficient (Wildman–Crippen LogP) is 3.25. The van der Waals surface area contributed by atoms with E-state index in [1.54, 1.807) is 0 Å². The van der Waals surface area contributed by atoms with Crippen LogP contribution in [0.1, 0.15) is 55.7 Å². The molecule has 1 rings (SSSR count). The van der Waals surface area contributed by atoms with Crippen LogP contribution in [0.3, 0.4) is 0 Å². The van der Waals surface area contributed by atoms with Crippen molar-refractivity contribution in [1.82, 2.24) is 10.3 Å². The number of ether oxygens (including phenoxy) is 1. The number of carbonyl (C=O) groups excluding carboxylic acids is 1. The largest absolute Gasteiger partial charge is 0.468 e. The number of pyridine rings is 1. The number of carbonyl (C=O) groups is 1. The molecule has 0 aliphatic heterocycles. The Morgan fingerprint density at radius 1 is 1.33 bits per heavy atom. The van der Waals surface area contributed by atoms with Gasteiger partial charge in [0.05, 0.1) is 7.11 Å². The van der Waals surface area contributed by atoms with Crippen molar-refractivity contribution in [3.05, 3.63) is 28.6 Å². The zero-order valence-corrected chi connectivity index (χ0v) is 14.3. The number of aryl methyl sites for hydroxylation is 3. The van der Waals surface area contributed by atoms with Crippen LogP contribution < -0.4 is 5.32 Å². The van der Waals surface area contributed by atoms with Crippen LogP contribution in [0, 0.1) is 26.7 Å². The van der Waals surface area contributed by atoms with Crippen LogP contribution in [-0.4, -0.2) is 24.1 Å². The van der Waals surface area contributed by atoms with Crippen LogP contribution in [-0.2, 0) is 9.53 Å². The summed E-state index contributed by atoms with van der Waals surface area (Å²) >= 11 is 0. The fourth-order valence-corrected chi connectivity index (χ4v) is 2.87. The minimum Gasteiger partial charge on any atom is -0.468 e. The van der Waals surface area contributed by atoms with Gasteiger partial charge in [0.2, 0.25) is 0 Å². The number of nitrogens with one attached hydrogen (secondary N) is 1. The van der Waals surface area contributed by atoms with Gasteiger partial charge < -0.3 is 4.74 Å². The number of esters is 1. The first-order valence-electron chi connectivity index (χ1n) is 7.60. The summed E-state index contributed by atoms with van der Waals surface area (Å²) < 4.78 is 4.93. The normalized spacial score (nSPS) is 15.4. The Labute approximate surface area is 128 Å². The van der Waals surface area contributed by atoms with Crippen molar-refractivity contribution < 1.29 is 9.53 Å². The molecule has 1 heterocycles. The summed E-state index contributed by atoms with van der Waals surface area (Å²) in [4.78, 5) is 16.5. The minimum absolute atomic E-state index is 0.0520. The van der Waals surface area contributed by atoms with E-state index in [0.29, 0.717) is 0 Å². The van der Waals surface area contributed by atoms with Crippen molar-refractivity contribution in [2.45, 2.75) is 60.0 Å². The second-order valence-corrected chi connectivity index (χ2v) is 5.85. The lowest BCUT2D eigenvalue weighted by Crippen LogP contribution is -2.44. The molecule has 0 aliphatic rings. The molecule has 0 aliphatic carbocycles. The lowest BCUT2D eigenvalue weighted by atomic mass is 9.95. The van der Waals surface area contributed by atoms with Crippen molar-refractivity contribution in [3.63, 3.8) is 0 Å². The smallest absolute Gasteiger partial charge is 0.323 e. The number of hydrogen-bond donors (Lipinski definition) is 1. The highest BCUT2D eigenvalue weighted by molar-refractivity contribution is 5.76. The van der Waals surface area contributed by atoms with Crippen molar-refractivity contribution in [3.8, 4) is 0 Å². The topological polar surface area (TPSA) is 51.2 Å². The molecule has 0 amide bonds. The third-order valence-corrected chi connectivity index (χ3v) is 4.11. The highest BCUT2D eigenvalue weighted by Crippen LogP contribution is 2.23. The first-order valence-corrected chi connectivity index (χ1v) is 7.60. The average Bonchev–Trinajstić information content (AvgIpc) is 2.41. The van der Waals surface area contributed by atoms with Crippen LogP contribution in [0.2, 0.25) is 0 Å². The molecule has 0 aromatic carbocycles. The van der Waals surface area contributed by atoms with E-state index in [4.69, 9.17) is 4.74 Å². The summed E-state index contributed by atoms with van der Waals surface area (Å²) in [5.74, 6) is 0.0190. The Hall–Kier alpha value is -1.42. The maximum Gasteiger partial charge on any atom is 0.323 e. The molecule has 118 valence electrons. The molecule has 0 bridgehead atoms. The molecule has 3 atom stereocenters. The molecule has 4 nitrogen and oxygen atoms in total. The molecule has 4 heteroatoms. The van der Waals surface area contributed by atoms with Gasteiger partial charge >= 0.3 is 5.97 Å². The molecule has 1 aromatic heterocycles. The maximum absolute atomic E-state index is 12.0. The maximum atomic E-state index is 12.0. The molecule has 3 unspecified atom stereocenters. The van der Waals surface area contributed by atoms with Gasteiger partial charge in [0.1, 0.15) is 6.04 Å². The zero-order chi connectivity index (χ0) is 16.2. The van der Waals surface area contributed by atoms with E-state index in [1.807, 2.05) is 13.8 Å². The van der Waals surface area contributed by atoms with Gasteiger partial charge in [-0.05, 0) is 50.8 Å². The molecule has 1 aromatic rings. The van der Waals surface area contributed by atoms with E-state index >= 15 is 0 Å². The Bertz CT molecular complexity index is 477. The monoisotopic (exact) mass is 292 g/mol. The van der Waals surface area contributed by atoms with Crippen LogP contribution >= 0.6 is 0 Å². The Balaban J connectivity index is 3.02. The summed E-state index contributed by atoms with van der Waals surface area (Å²) in [5, 5.41) is 3.42. The van der Waals surface area contributed by atoms with E-state index in [0.717, 1.165) is 23.4 Å². The standard InChI is InChI=1S/C17H28N2O2/c1-8-10(2)16(17(20)21-7)19-14(6)15-11(3)9-12(4)18-13(15)5/h9-10,14,16,19H,8H2,1-7H3. The fourth-order valence-electron chi connectivity index (χ4n) is 2.87. The molecule has 21 heavy (non-hydrogen) atoms. The lowest BCUT2D eigenvalue weighted by molar-refractivity contribution is -0.144. The first-order chi connectivity index (χ1) is 9.81. The number of nitrogens with zero attached hydrogens (tertiary/aromatic N) is 1. The van der Waals surface area contributed by atoms with Gasteiger partial charge in [-0.2, -0.15) is 0 Å². The van der Waals surface area contributed by atoms with Gasteiger partial charge in [-0.1, -0.05) is 20.3 Å². The van der Waals surface area contributed by atoms with Crippen molar-refractivity contribution in [1.29, 1.82) is 0 Å². The summed E-state index contributed by atoms with van der Waals surface area (Å²) in [6.45, 7) is 12.3. The molecular weight excluding hydrogens is 264 g/mol. The van der Waals surface area contributed by atoms with Gasteiger partial charge in [0.15, 0.2) is 0 Å². The Kier molecular flexibility index (Phi) is 6.34. The van der Waals surface area contributed by atoms with Gasteiger partial charge in [-0.25, -0.2) is 0 Å². The van der Waals surface area contributed by atoms with Crippen molar-refractivity contribution >= 4 is 5.97 Å². The number of methoxy groups -OCH3 is 1. The lowest BCUT2D eigenvalue weighted by Gasteiger charge is -2.27. The number of hydrogen-bond acceptors (Lipinski definition) is 4. The van der Waals surface area contributed by atoms with Gasteiger partial charge in [-0.15, -0.1) is 0 Å². The molecule has 0 saturated carbocycles. The molecule has 1 N–H and O–H groups in total. The second kappa shape index (κ2) is 7.55. The van der Waals surface area contributed by atoms with Crippen LogP contribution in [0.25, 0.3) is 0 Å². The van der Waals surface area contributed by atoms with E-state index in [-0.39, 0.29) is 24.0 Å². The van der Waals surface area contributed by atoms with E-state index in [2.05, 4.69) is 44.1 Å². The third-order valence-electron chi connectivity index (χ3n) is 4.11. The van der Waals surface area contributed by atoms with Gasteiger partial charge in [-0.3, -0.25) is 15.1 Å². The Morgan fingerprint density at radius 2 is 1.95 bits per heavy atom. The molecular formula is C17H28N2O2. The Morgan fingerprint density at radius 3 is 2.43 bits per heavy atom. The molecule has 0 radical (unpaired) electrons. The fraction of sp³-hybridized carbons (Fsp3) is 0.647. The van der Waals surface area contributed by atoms with Crippen LogP contribution in [0.4, 0.5) is 0 Å². The quantitative estimate of drug-likeness (QED) is 0.818. The highest BCUT2D eigenvalue weighted by atomic mass is 16.5. The zero-order valence-electron chi connectivity index (χ0n) is 14.3. The number of rotatable bonds is 6. The SMILES string of the molecule is CCC(C)C(NC(C)c1c(C)cc(C)nc1C)C(=O)OC. The van der Waals surface area contributed by atoms with E-state index in [9.17, 15) is 4.79 Å². The summed E-state index contributed by atoms with van der Waals surface area (Å²) in [6, 6.07) is 1.84. The van der Waals surface area contributed by atoms with Crippen LogP contribution in [0.5, 0.6) is 0 Å². The second-order valence-electron chi connectivity index (χ2n) is 5.85. The minimum atomic E-state index is -0.296. The predicted molar refractivity (Wildman–Crippen MR) is 85.3 cm³/mol. The van der Waals surface area contributed by atoms with Crippen molar-refractivity contribution in [2.24, 2.45) is 5.92 Å². The summed E-state index contributed by atoms with van der Waals surface area (Å²) in [6.07, 6.45) is 0.920. The van der Waals surface area contributed by atoms with E-state index in [1.165, 1.54) is 12.7 Å². The molecule has 0 saturated heterocycles. The summed E-state index contributed by atoms with van der Waals surface area (Å²) in [7, 11) is 1.44. The van der Waals surface area contributed by atoms with Crippen LogP contribution in [0.15, 0.2) is 6.07 Å².